The molecule has 3 aromatic rings. The minimum atomic E-state index is -3.77. The number of hydrogen-bond acceptors (Lipinski definition) is 4. The van der Waals surface area contributed by atoms with Crippen molar-refractivity contribution in [2.24, 2.45) is 5.92 Å². The van der Waals surface area contributed by atoms with Crippen molar-refractivity contribution in [1.82, 2.24) is 4.72 Å². The second kappa shape index (κ2) is 5.98. The van der Waals surface area contributed by atoms with Crippen LogP contribution in [0.4, 0.5) is 0 Å². The van der Waals surface area contributed by atoms with Gasteiger partial charge >= 0.3 is 0 Å². The quantitative estimate of drug-likeness (QED) is 0.711. The topological polar surface area (TPSA) is 79.5 Å². The first-order valence-electron chi connectivity index (χ1n) is 8.24. The summed E-state index contributed by atoms with van der Waals surface area (Å²) in [7, 11) is -3.77. The third-order valence-electron chi connectivity index (χ3n) is 4.77. The predicted molar refractivity (Wildman–Crippen MR) is 94.5 cm³/mol. The van der Waals surface area contributed by atoms with E-state index < -0.39 is 15.6 Å². The van der Waals surface area contributed by atoms with Gasteiger partial charge in [0.15, 0.2) is 0 Å². The van der Waals surface area contributed by atoms with Crippen molar-refractivity contribution in [2.75, 3.05) is 6.54 Å². The Hall–Kier alpha value is -2.15. The number of benzene rings is 2. The molecule has 1 heterocycles. The lowest BCUT2D eigenvalue weighted by atomic mass is 9.95. The molecular formula is C19H19NO4S. The summed E-state index contributed by atoms with van der Waals surface area (Å²) in [6.45, 7) is -0.114. The Bertz CT molecular complexity index is 988. The highest BCUT2D eigenvalue weighted by Crippen LogP contribution is 2.45. The molecular weight excluding hydrogens is 338 g/mol. The van der Waals surface area contributed by atoms with E-state index in [1.54, 1.807) is 30.3 Å². The van der Waals surface area contributed by atoms with Gasteiger partial charge in [0.1, 0.15) is 11.4 Å². The van der Waals surface area contributed by atoms with Crippen LogP contribution in [-0.4, -0.2) is 20.1 Å². The number of hydrogen-bond donors (Lipinski definition) is 2. The monoisotopic (exact) mass is 357 g/mol. The lowest BCUT2D eigenvalue weighted by molar-refractivity contribution is -0.00224. The first-order valence-corrected chi connectivity index (χ1v) is 9.73. The first-order chi connectivity index (χ1) is 12.0. The lowest BCUT2D eigenvalue weighted by Crippen LogP contribution is -2.42. The van der Waals surface area contributed by atoms with Crippen molar-refractivity contribution in [2.45, 2.75) is 23.3 Å². The SMILES string of the molecule is O=S(=O)(NCC(O)(c1ccco1)C1CC1)c1cccc2ccccc12. The molecule has 25 heavy (non-hydrogen) atoms. The van der Waals surface area contributed by atoms with Crippen molar-refractivity contribution in [3.05, 3.63) is 66.6 Å². The van der Waals surface area contributed by atoms with E-state index in [1.807, 2.05) is 24.3 Å². The smallest absolute Gasteiger partial charge is 0.241 e. The Morgan fingerprint density at radius 2 is 1.84 bits per heavy atom. The Morgan fingerprint density at radius 3 is 2.56 bits per heavy atom. The van der Waals surface area contributed by atoms with Crippen LogP contribution in [0.2, 0.25) is 0 Å². The second-order valence-electron chi connectivity index (χ2n) is 6.48. The highest BCUT2D eigenvalue weighted by molar-refractivity contribution is 7.89. The molecule has 1 unspecified atom stereocenters. The van der Waals surface area contributed by atoms with Gasteiger partial charge in [0.05, 0.1) is 11.2 Å². The van der Waals surface area contributed by atoms with Crippen LogP contribution in [0.25, 0.3) is 10.8 Å². The van der Waals surface area contributed by atoms with E-state index in [0.29, 0.717) is 11.1 Å². The Kier molecular flexibility index (Phi) is 3.91. The molecule has 1 atom stereocenters. The van der Waals surface area contributed by atoms with Crippen LogP contribution in [-0.2, 0) is 15.6 Å². The molecule has 0 amide bonds. The third kappa shape index (κ3) is 2.97. The van der Waals surface area contributed by atoms with Crippen molar-refractivity contribution >= 4 is 20.8 Å². The summed E-state index contributed by atoms with van der Waals surface area (Å²) < 4.78 is 33.6. The highest BCUT2D eigenvalue weighted by Gasteiger charge is 2.47. The van der Waals surface area contributed by atoms with Crippen molar-refractivity contribution in [1.29, 1.82) is 0 Å². The minimum absolute atomic E-state index is 0.00821. The van der Waals surface area contributed by atoms with E-state index in [-0.39, 0.29) is 17.4 Å². The molecule has 0 spiro atoms. The fourth-order valence-corrected chi connectivity index (χ4v) is 4.53. The number of furan rings is 1. The van der Waals surface area contributed by atoms with Crippen LogP contribution in [0.15, 0.2) is 70.2 Å². The van der Waals surface area contributed by atoms with E-state index in [9.17, 15) is 13.5 Å². The van der Waals surface area contributed by atoms with E-state index in [0.717, 1.165) is 18.2 Å². The van der Waals surface area contributed by atoms with Gasteiger partial charge in [0, 0.05) is 11.9 Å². The molecule has 1 aromatic heterocycles. The molecule has 0 saturated heterocycles. The number of aliphatic hydroxyl groups is 1. The third-order valence-corrected chi connectivity index (χ3v) is 6.23. The maximum atomic E-state index is 12.9. The van der Waals surface area contributed by atoms with Crippen molar-refractivity contribution < 1.29 is 17.9 Å². The average Bonchev–Trinajstić information content (AvgIpc) is 3.34. The van der Waals surface area contributed by atoms with Gasteiger partial charge in [-0.2, -0.15) is 0 Å². The fraction of sp³-hybridized carbons (Fsp3) is 0.263. The van der Waals surface area contributed by atoms with Crippen LogP contribution in [0.3, 0.4) is 0 Å². The van der Waals surface area contributed by atoms with Gasteiger partial charge in [-0.05, 0) is 42.3 Å². The summed E-state index contributed by atoms with van der Waals surface area (Å²) in [6.07, 6.45) is 3.20. The largest absolute Gasteiger partial charge is 0.466 e. The fourth-order valence-electron chi connectivity index (χ4n) is 3.23. The van der Waals surface area contributed by atoms with Gasteiger partial charge < -0.3 is 9.52 Å². The van der Waals surface area contributed by atoms with Gasteiger partial charge in [-0.15, -0.1) is 0 Å². The zero-order chi connectivity index (χ0) is 17.5. The Labute approximate surface area is 146 Å². The minimum Gasteiger partial charge on any atom is -0.466 e. The standard InChI is InChI=1S/C19H19NO4S/c21-19(15-10-11-15,18-9-4-12-24-18)13-20-25(22,23)17-8-3-6-14-5-1-2-7-16(14)17/h1-9,12,15,20-21H,10-11,13H2. The zero-order valence-electron chi connectivity index (χ0n) is 13.6. The van der Waals surface area contributed by atoms with E-state index in [2.05, 4.69) is 4.72 Å². The summed E-state index contributed by atoms with van der Waals surface area (Å²) in [4.78, 5) is 0.211. The predicted octanol–water partition coefficient (Wildman–Crippen LogP) is 3.01. The van der Waals surface area contributed by atoms with Gasteiger partial charge in [-0.3, -0.25) is 0 Å². The Balaban J connectivity index is 1.65. The first kappa shape index (κ1) is 16.3. The summed E-state index contributed by atoms with van der Waals surface area (Å²) >= 11 is 0. The maximum absolute atomic E-state index is 12.9. The second-order valence-corrected chi connectivity index (χ2v) is 8.21. The van der Waals surface area contributed by atoms with Crippen molar-refractivity contribution in [3.8, 4) is 0 Å². The summed E-state index contributed by atoms with van der Waals surface area (Å²) in [5.74, 6) is 0.407. The highest BCUT2D eigenvalue weighted by atomic mass is 32.2. The Morgan fingerprint density at radius 1 is 1.08 bits per heavy atom. The van der Waals surface area contributed by atoms with Crippen LogP contribution >= 0.6 is 0 Å². The lowest BCUT2D eigenvalue weighted by Gasteiger charge is -2.26. The molecule has 1 saturated carbocycles. The molecule has 1 aliphatic carbocycles. The van der Waals surface area contributed by atoms with Crippen LogP contribution < -0.4 is 4.72 Å². The number of sulfonamides is 1. The number of fused-ring (bicyclic) bond motifs is 1. The average molecular weight is 357 g/mol. The van der Waals surface area contributed by atoms with Gasteiger partial charge in [-0.1, -0.05) is 36.4 Å². The van der Waals surface area contributed by atoms with Crippen LogP contribution in [0.1, 0.15) is 18.6 Å². The maximum Gasteiger partial charge on any atom is 0.241 e. The van der Waals surface area contributed by atoms with Crippen LogP contribution in [0.5, 0.6) is 0 Å². The molecule has 1 fully saturated rings. The summed E-state index contributed by atoms with van der Waals surface area (Å²) in [5.41, 5.74) is -1.32. The molecule has 0 radical (unpaired) electrons. The molecule has 2 N–H and O–H groups in total. The zero-order valence-corrected chi connectivity index (χ0v) is 14.4. The molecule has 2 aromatic carbocycles. The number of nitrogens with one attached hydrogen (secondary N) is 1. The van der Waals surface area contributed by atoms with E-state index in [4.69, 9.17) is 4.42 Å². The molecule has 4 rings (SSSR count). The molecule has 1 aliphatic rings. The molecule has 0 bridgehead atoms. The van der Waals surface area contributed by atoms with Crippen LogP contribution in [0, 0.1) is 5.92 Å². The van der Waals surface area contributed by atoms with Gasteiger partial charge in [0.25, 0.3) is 0 Å². The van der Waals surface area contributed by atoms with E-state index in [1.165, 1.54) is 6.26 Å². The molecule has 130 valence electrons. The number of rotatable bonds is 6. The van der Waals surface area contributed by atoms with Gasteiger partial charge in [0.2, 0.25) is 10.0 Å². The molecule has 5 nitrogen and oxygen atoms in total. The van der Waals surface area contributed by atoms with Crippen molar-refractivity contribution in [3.63, 3.8) is 0 Å². The van der Waals surface area contributed by atoms with E-state index >= 15 is 0 Å². The summed E-state index contributed by atoms with van der Waals surface area (Å²) in [5, 5.41) is 12.5. The molecule has 6 heteroatoms. The molecule has 0 aliphatic heterocycles. The summed E-state index contributed by atoms with van der Waals surface area (Å²) in [6, 6.07) is 15.9. The van der Waals surface area contributed by atoms with Gasteiger partial charge in [-0.25, -0.2) is 13.1 Å². The normalized spacial score (nSPS) is 17.5.